The van der Waals surface area contributed by atoms with E-state index in [-0.39, 0.29) is 18.5 Å². The molecule has 110 valence electrons. The molecule has 1 aliphatic rings. The van der Waals surface area contributed by atoms with Crippen LogP contribution in [-0.4, -0.2) is 58.0 Å². The first-order valence-electron chi connectivity index (χ1n) is 6.82. The Morgan fingerprint density at radius 2 is 2.00 bits per heavy atom. The fraction of sp³-hybridized carbons (Fsp3) is 0.385. The summed E-state index contributed by atoms with van der Waals surface area (Å²) in [6, 6.07) is 7.38. The van der Waals surface area contributed by atoms with Crippen LogP contribution in [0.5, 0.6) is 0 Å². The Morgan fingerprint density at radius 1 is 1.29 bits per heavy atom. The molecule has 2 aromatic rings. The highest BCUT2D eigenvalue weighted by atomic mass is 16.2. The smallest absolute Gasteiger partial charge is 0.317 e. The Labute approximate surface area is 121 Å². The molecular weight excluding hydrogens is 272 g/mol. The van der Waals surface area contributed by atoms with Gasteiger partial charge in [-0.3, -0.25) is 4.79 Å². The lowest BCUT2D eigenvalue weighted by Gasteiger charge is -2.14. The lowest BCUT2D eigenvalue weighted by Crippen LogP contribution is -2.38. The highest BCUT2D eigenvalue weighted by molar-refractivity contribution is 5.77. The van der Waals surface area contributed by atoms with Crippen molar-refractivity contribution in [3.63, 3.8) is 0 Å². The van der Waals surface area contributed by atoms with Crippen molar-refractivity contribution in [3.05, 3.63) is 24.3 Å². The van der Waals surface area contributed by atoms with Gasteiger partial charge >= 0.3 is 6.03 Å². The average Bonchev–Trinajstić information content (AvgIpc) is 3.04. The van der Waals surface area contributed by atoms with Gasteiger partial charge in [-0.25, -0.2) is 4.79 Å². The van der Waals surface area contributed by atoms with Gasteiger partial charge in [0.25, 0.3) is 0 Å². The third-order valence-corrected chi connectivity index (χ3v) is 3.26. The van der Waals surface area contributed by atoms with E-state index in [1.807, 2.05) is 24.3 Å². The van der Waals surface area contributed by atoms with Crippen molar-refractivity contribution in [2.24, 2.45) is 0 Å². The van der Waals surface area contributed by atoms with Crippen LogP contribution in [0.25, 0.3) is 11.0 Å². The number of amides is 3. The molecule has 8 heteroatoms. The maximum atomic E-state index is 11.8. The summed E-state index contributed by atoms with van der Waals surface area (Å²) in [6.07, 6.45) is 0. The number of aromatic nitrogens is 3. The minimum absolute atomic E-state index is 0.0703. The molecule has 0 aliphatic carbocycles. The number of benzene rings is 1. The number of nitrogens with one attached hydrogen (secondary N) is 2. The second-order valence-corrected chi connectivity index (χ2v) is 4.79. The minimum Gasteiger partial charge on any atom is -0.353 e. The van der Waals surface area contributed by atoms with Gasteiger partial charge in [0.15, 0.2) is 0 Å². The molecule has 3 rings (SSSR count). The van der Waals surface area contributed by atoms with Crippen LogP contribution < -0.4 is 10.6 Å². The molecule has 8 nitrogen and oxygen atoms in total. The summed E-state index contributed by atoms with van der Waals surface area (Å²) < 4.78 is 0. The molecule has 1 aromatic carbocycles. The quantitative estimate of drug-likeness (QED) is 0.781. The normalized spacial score (nSPS) is 14.5. The van der Waals surface area contributed by atoms with Crippen molar-refractivity contribution < 1.29 is 9.59 Å². The lowest BCUT2D eigenvalue weighted by atomic mass is 10.3. The van der Waals surface area contributed by atoms with Gasteiger partial charge in [-0.15, -0.1) is 0 Å². The first kappa shape index (κ1) is 13.3. The topological polar surface area (TPSA) is 92.2 Å². The van der Waals surface area contributed by atoms with Gasteiger partial charge in [-0.2, -0.15) is 15.0 Å². The van der Waals surface area contributed by atoms with Crippen LogP contribution in [-0.2, 0) is 11.3 Å². The van der Waals surface area contributed by atoms with Crippen LogP contribution in [0.15, 0.2) is 24.3 Å². The molecule has 1 aliphatic heterocycles. The average molecular weight is 288 g/mol. The summed E-state index contributed by atoms with van der Waals surface area (Å²) in [4.78, 5) is 26.2. The first-order valence-corrected chi connectivity index (χ1v) is 6.82. The van der Waals surface area contributed by atoms with Crippen molar-refractivity contribution in [1.29, 1.82) is 0 Å². The summed E-state index contributed by atoms with van der Waals surface area (Å²) in [5.74, 6) is -0.171. The van der Waals surface area contributed by atoms with Crippen molar-refractivity contribution in [2.75, 3.05) is 26.2 Å². The summed E-state index contributed by atoms with van der Waals surface area (Å²) in [7, 11) is 0. The van der Waals surface area contributed by atoms with E-state index in [2.05, 4.69) is 20.8 Å². The fourth-order valence-corrected chi connectivity index (χ4v) is 2.21. The summed E-state index contributed by atoms with van der Waals surface area (Å²) >= 11 is 0. The van der Waals surface area contributed by atoms with E-state index in [9.17, 15) is 9.59 Å². The van der Waals surface area contributed by atoms with Gasteiger partial charge in [-0.05, 0) is 12.1 Å². The van der Waals surface area contributed by atoms with E-state index in [0.29, 0.717) is 26.2 Å². The minimum atomic E-state index is -0.171. The Bertz CT molecular complexity index is 634. The molecule has 0 spiro atoms. The van der Waals surface area contributed by atoms with Crippen LogP contribution in [0.3, 0.4) is 0 Å². The van der Waals surface area contributed by atoms with E-state index in [1.54, 1.807) is 4.90 Å². The molecule has 2 heterocycles. The Hall–Kier alpha value is -2.64. The zero-order valence-electron chi connectivity index (χ0n) is 11.5. The molecule has 0 bridgehead atoms. The second-order valence-electron chi connectivity index (χ2n) is 4.79. The molecule has 1 fully saturated rings. The molecule has 2 N–H and O–H groups in total. The first-order chi connectivity index (χ1) is 10.2. The second kappa shape index (κ2) is 5.78. The molecule has 3 amide bonds. The van der Waals surface area contributed by atoms with Gasteiger partial charge in [0, 0.05) is 26.2 Å². The van der Waals surface area contributed by atoms with Crippen molar-refractivity contribution in [3.8, 4) is 0 Å². The van der Waals surface area contributed by atoms with E-state index in [1.165, 1.54) is 4.80 Å². The van der Waals surface area contributed by atoms with E-state index in [0.717, 1.165) is 11.0 Å². The Balaban J connectivity index is 1.48. The molecular formula is C13H16N6O2. The van der Waals surface area contributed by atoms with Gasteiger partial charge in [0.1, 0.15) is 17.6 Å². The largest absolute Gasteiger partial charge is 0.353 e. The molecule has 0 radical (unpaired) electrons. The van der Waals surface area contributed by atoms with Crippen molar-refractivity contribution in [1.82, 2.24) is 30.5 Å². The van der Waals surface area contributed by atoms with Gasteiger partial charge < -0.3 is 15.5 Å². The SMILES string of the molecule is O=C(Cn1nc2ccccc2n1)NCCN1CCNC1=O. The molecule has 0 saturated carbocycles. The maximum Gasteiger partial charge on any atom is 0.317 e. The highest BCUT2D eigenvalue weighted by Gasteiger charge is 2.18. The van der Waals surface area contributed by atoms with Gasteiger partial charge in [0.2, 0.25) is 5.91 Å². The third-order valence-electron chi connectivity index (χ3n) is 3.26. The van der Waals surface area contributed by atoms with Crippen LogP contribution in [0.2, 0.25) is 0 Å². The molecule has 1 saturated heterocycles. The third kappa shape index (κ3) is 3.10. The zero-order valence-corrected chi connectivity index (χ0v) is 11.5. The maximum absolute atomic E-state index is 11.8. The number of nitrogens with zero attached hydrogens (tertiary/aromatic N) is 4. The monoisotopic (exact) mass is 288 g/mol. The van der Waals surface area contributed by atoms with Crippen LogP contribution in [0.4, 0.5) is 4.79 Å². The lowest BCUT2D eigenvalue weighted by molar-refractivity contribution is -0.122. The number of hydrogen-bond acceptors (Lipinski definition) is 4. The standard InChI is InChI=1S/C13H16N6O2/c20-12(14-5-7-18-8-6-15-13(18)21)9-19-16-10-3-1-2-4-11(10)17-19/h1-4H,5-9H2,(H,14,20)(H,15,21). The number of carbonyl (C=O) groups excluding carboxylic acids is 2. The predicted octanol–water partition coefficient (Wildman–Crippen LogP) is -0.427. The predicted molar refractivity (Wildman–Crippen MR) is 75.5 cm³/mol. The summed E-state index contributed by atoms with van der Waals surface area (Å²) in [6.45, 7) is 2.34. The molecule has 1 aromatic heterocycles. The molecule has 0 unspecified atom stereocenters. The number of carbonyl (C=O) groups is 2. The summed E-state index contributed by atoms with van der Waals surface area (Å²) in [5.41, 5.74) is 1.53. The fourth-order valence-electron chi connectivity index (χ4n) is 2.21. The van der Waals surface area contributed by atoms with E-state index < -0.39 is 0 Å². The van der Waals surface area contributed by atoms with Crippen LogP contribution in [0, 0.1) is 0 Å². The van der Waals surface area contributed by atoms with Gasteiger partial charge in [0.05, 0.1) is 0 Å². The number of fused-ring (bicyclic) bond motifs is 1. The van der Waals surface area contributed by atoms with Crippen LogP contribution >= 0.6 is 0 Å². The number of hydrogen-bond donors (Lipinski definition) is 2. The van der Waals surface area contributed by atoms with E-state index in [4.69, 9.17) is 0 Å². The van der Waals surface area contributed by atoms with Crippen molar-refractivity contribution >= 4 is 23.0 Å². The van der Waals surface area contributed by atoms with Crippen LogP contribution in [0.1, 0.15) is 0 Å². The number of urea groups is 1. The van der Waals surface area contributed by atoms with Crippen molar-refractivity contribution in [2.45, 2.75) is 6.54 Å². The highest BCUT2D eigenvalue weighted by Crippen LogP contribution is 2.06. The Kier molecular flexibility index (Phi) is 3.67. The van der Waals surface area contributed by atoms with E-state index >= 15 is 0 Å². The Morgan fingerprint density at radius 3 is 2.62 bits per heavy atom. The summed E-state index contributed by atoms with van der Waals surface area (Å²) in [5, 5.41) is 13.9. The zero-order chi connectivity index (χ0) is 14.7. The molecule has 21 heavy (non-hydrogen) atoms. The molecule has 0 atom stereocenters. The number of rotatable bonds is 5. The van der Waals surface area contributed by atoms with Gasteiger partial charge in [-0.1, -0.05) is 12.1 Å².